The van der Waals surface area contributed by atoms with Crippen molar-refractivity contribution in [2.24, 2.45) is 0 Å². The first-order valence-electron chi connectivity index (χ1n) is 13.4. The molecule has 41 heavy (non-hydrogen) atoms. The lowest BCUT2D eigenvalue weighted by Gasteiger charge is -2.36. The fourth-order valence-electron chi connectivity index (χ4n) is 5.04. The number of aliphatic carboxylic acids is 1. The minimum Gasteiger partial charge on any atom is -0.480 e. The van der Waals surface area contributed by atoms with E-state index in [2.05, 4.69) is 5.32 Å². The largest absolute Gasteiger partial charge is 0.480 e. The third-order valence-corrected chi connectivity index (χ3v) is 8.26. The zero-order valence-electron chi connectivity index (χ0n) is 23.1. The molecule has 3 aromatic carbocycles. The number of thioether (sulfide) groups is 1. The van der Waals surface area contributed by atoms with E-state index in [9.17, 15) is 14.7 Å². The molecule has 2 N–H and O–H groups in total. The van der Waals surface area contributed by atoms with Gasteiger partial charge >= 0.3 is 12.1 Å². The number of carboxylic acid groups (broad SMARTS) is 1. The van der Waals surface area contributed by atoms with Gasteiger partial charge in [0.05, 0.1) is 5.41 Å². The molecule has 212 valence electrons. The molecule has 1 aliphatic rings. The van der Waals surface area contributed by atoms with Gasteiger partial charge in [-0.2, -0.15) is 11.8 Å². The summed E-state index contributed by atoms with van der Waals surface area (Å²) in [5, 5.41) is 14.0. The van der Waals surface area contributed by atoms with Crippen LogP contribution in [0.25, 0.3) is 27.5 Å². The Morgan fingerprint density at radius 1 is 1.05 bits per heavy atom. The molecule has 6 nitrogen and oxygen atoms in total. The number of fused-ring (bicyclic) bond motifs is 3. The van der Waals surface area contributed by atoms with Gasteiger partial charge in [0.15, 0.2) is 0 Å². The number of ether oxygens (including phenoxy) is 1. The van der Waals surface area contributed by atoms with Crippen molar-refractivity contribution >= 4 is 51.3 Å². The van der Waals surface area contributed by atoms with Gasteiger partial charge in [-0.05, 0) is 44.1 Å². The van der Waals surface area contributed by atoms with Gasteiger partial charge in [-0.1, -0.05) is 78.9 Å². The van der Waals surface area contributed by atoms with Crippen molar-refractivity contribution in [2.45, 2.75) is 44.0 Å². The van der Waals surface area contributed by atoms with Crippen molar-refractivity contribution in [3.63, 3.8) is 0 Å². The van der Waals surface area contributed by atoms with Gasteiger partial charge in [0.1, 0.15) is 29.0 Å². The van der Waals surface area contributed by atoms with Crippen LogP contribution in [-0.2, 0) is 14.9 Å². The van der Waals surface area contributed by atoms with E-state index in [1.165, 1.54) is 11.8 Å². The van der Waals surface area contributed by atoms with E-state index in [1.54, 1.807) is 26.8 Å². The first kappa shape index (κ1) is 28.5. The van der Waals surface area contributed by atoms with E-state index < -0.39 is 35.3 Å². The lowest BCUT2D eigenvalue weighted by molar-refractivity contribution is -0.138. The SMILES string of the molecule is CC(C)(C)OC(=O)NC(CSCC1(c2cccc3c2oc2ccccc23)C=CC(c2ccccc2)=CC1F)C(=O)O. The van der Waals surface area contributed by atoms with Crippen molar-refractivity contribution in [3.05, 3.63) is 102 Å². The smallest absolute Gasteiger partial charge is 0.408 e. The lowest BCUT2D eigenvalue weighted by atomic mass is 9.73. The van der Waals surface area contributed by atoms with Gasteiger partial charge < -0.3 is 19.6 Å². The summed E-state index contributed by atoms with van der Waals surface area (Å²) < 4.78 is 28.1. The molecule has 3 atom stereocenters. The Hall–Kier alpha value is -4.04. The van der Waals surface area contributed by atoms with Crippen LogP contribution in [0.15, 0.2) is 95.4 Å². The second-order valence-electron chi connectivity index (χ2n) is 11.1. The van der Waals surface area contributed by atoms with E-state index in [4.69, 9.17) is 9.15 Å². The predicted octanol–water partition coefficient (Wildman–Crippen LogP) is 7.53. The van der Waals surface area contributed by atoms with Crippen molar-refractivity contribution in [2.75, 3.05) is 11.5 Å². The molecule has 1 aliphatic carbocycles. The Morgan fingerprint density at radius 2 is 1.76 bits per heavy atom. The van der Waals surface area contributed by atoms with Crippen molar-refractivity contribution in [1.29, 1.82) is 0 Å². The third-order valence-electron chi connectivity index (χ3n) is 7.01. The number of amides is 1. The number of para-hydroxylation sites is 2. The van der Waals surface area contributed by atoms with E-state index in [-0.39, 0.29) is 11.5 Å². The maximum Gasteiger partial charge on any atom is 0.408 e. The Labute approximate surface area is 242 Å². The normalized spacial score (nSPS) is 19.6. The highest BCUT2D eigenvalue weighted by Gasteiger charge is 2.42. The molecule has 1 aromatic heterocycles. The maximum absolute atomic E-state index is 16.6. The number of rotatable bonds is 8. The number of benzene rings is 3. The number of carbonyl (C=O) groups is 2. The fourth-order valence-corrected chi connectivity index (χ4v) is 6.37. The van der Waals surface area contributed by atoms with E-state index in [0.717, 1.165) is 21.9 Å². The highest BCUT2D eigenvalue weighted by Crippen LogP contribution is 2.45. The van der Waals surface area contributed by atoms with Crippen molar-refractivity contribution in [1.82, 2.24) is 5.32 Å². The molecule has 0 bridgehead atoms. The van der Waals surface area contributed by atoms with Crippen LogP contribution in [-0.4, -0.2) is 46.5 Å². The van der Waals surface area contributed by atoms with Crippen LogP contribution < -0.4 is 5.32 Å². The summed E-state index contributed by atoms with van der Waals surface area (Å²) in [4.78, 5) is 24.3. The predicted molar refractivity (Wildman–Crippen MR) is 162 cm³/mol. The molecule has 1 amide bonds. The van der Waals surface area contributed by atoms with Gasteiger partial charge in [0.2, 0.25) is 0 Å². The van der Waals surface area contributed by atoms with Crippen LogP contribution in [0.2, 0.25) is 0 Å². The van der Waals surface area contributed by atoms with Crippen LogP contribution in [0.5, 0.6) is 0 Å². The average Bonchev–Trinajstić information content (AvgIpc) is 3.32. The number of alkyl carbamates (subject to hydrolysis) is 1. The molecule has 0 saturated heterocycles. The summed E-state index contributed by atoms with van der Waals surface area (Å²) in [5.41, 5.74) is 1.74. The molecule has 0 saturated carbocycles. The number of hydrogen-bond acceptors (Lipinski definition) is 5. The number of alkyl halides is 1. The molecule has 0 fully saturated rings. The number of allylic oxidation sites excluding steroid dienone is 4. The van der Waals surface area contributed by atoms with Gasteiger partial charge in [-0.15, -0.1) is 0 Å². The number of nitrogens with one attached hydrogen (secondary N) is 1. The number of carboxylic acids is 1. The number of halogens is 1. The second kappa shape index (κ2) is 11.4. The van der Waals surface area contributed by atoms with Crippen LogP contribution >= 0.6 is 11.8 Å². The van der Waals surface area contributed by atoms with Crippen LogP contribution in [0, 0.1) is 0 Å². The highest BCUT2D eigenvalue weighted by atomic mass is 32.2. The summed E-state index contributed by atoms with van der Waals surface area (Å²) in [6, 6.07) is 21.8. The lowest BCUT2D eigenvalue weighted by Crippen LogP contribution is -2.45. The molecular weight excluding hydrogens is 541 g/mol. The minimum atomic E-state index is -1.43. The Morgan fingerprint density at radius 3 is 2.46 bits per heavy atom. The summed E-state index contributed by atoms with van der Waals surface area (Å²) in [7, 11) is 0. The molecule has 0 aliphatic heterocycles. The summed E-state index contributed by atoms with van der Waals surface area (Å²) in [6.45, 7) is 5.11. The number of hydrogen-bond donors (Lipinski definition) is 2. The van der Waals surface area contributed by atoms with Gasteiger partial charge in [-0.3, -0.25) is 0 Å². The molecule has 0 radical (unpaired) electrons. The molecule has 4 aromatic rings. The summed E-state index contributed by atoms with van der Waals surface area (Å²) in [5.74, 6) is -0.972. The second-order valence-corrected chi connectivity index (χ2v) is 12.1. The van der Waals surface area contributed by atoms with Gasteiger partial charge in [0.25, 0.3) is 0 Å². The van der Waals surface area contributed by atoms with Crippen LogP contribution in [0.3, 0.4) is 0 Å². The van der Waals surface area contributed by atoms with Gasteiger partial charge in [-0.25, -0.2) is 14.0 Å². The molecule has 5 rings (SSSR count). The molecule has 1 heterocycles. The Balaban J connectivity index is 1.49. The standard InChI is InChI=1S/C33H32FNO5S/c1-32(2,3)40-31(38)35-26(30(36)37)19-41-20-33(17-16-22(18-28(33)34)21-10-5-4-6-11-21)25-14-9-13-24-23-12-7-8-15-27(23)39-29(24)25/h4-18,26,28H,19-20H2,1-3H3,(H,35,38)(H,36,37). The van der Waals surface area contributed by atoms with E-state index in [1.807, 2.05) is 84.9 Å². The zero-order chi connectivity index (χ0) is 29.2. The van der Waals surface area contributed by atoms with E-state index >= 15 is 4.39 Å². The summed E-state index contributed by atoms with van der Waals surface area (Å²) in [6.07, 6.45) is 3.15. The quantitative estimate of drug-likeness (QED) is 0.227. The van der Waals surface area contributed by atoms with Crippen LogP contribution in [0.4, 0.5) is 9.18 Å². The highest BCUT2D eigenvalue weighted by molar-refractivity contribution is 7.99. The maximum atomic E-state index is 16.6. The number of furan rings is 1. The first-order chi connectivity index (χ1) is 19.6. The molecular formula is C33H32FNO5S. The average molecular weight is 574 g/mol. The van der Waals surface area contributed by atoms with E-state index in [0.29, 0.717) is 16.7 Å². The Kier molecular flexibility index (Phi) is 7.95. The Bertz CT molecular complexity index is 1640. The first-order valence-corrected chi connectivity index (χ1v) is 14.5. The molecule has 8 heteroatoms. The fraction of sp³-hybridized carbons (Fsp3) is 0.273. The zero-order valence-corrected chi connectivity index (χ0v) is 23.9. The topological polar surface area (TPSA) is 88.8 Å². The molecule has 0 spiro atoms. The minimum absolute atomic E-state index is 0.0161. The third kappa shape index (κ3) is 6.03. The van der Waals surface area contributed by atoms with Crippen molar-refractivity contribution in [3.8, 4) is 0 Å². The number of carbonyl (C=O) groups excluding carboxylic acids is 1. The van der Waals surface area contributed by atoms with Gasteiger partial charge in [0, 0.05) is 27.8 Å². The van der Waals surface area contributed by atoms with Crippen molar-refractivity contribution < 1.29 is 28.2 Å². The van der Waals surface area contributed by atoms with Crippen LogP contribution in [0.1, 0.15) is 31.9 Å². The monoisotopic (exact) mass is 573 g/mol. The summed E-state index contributed by atoms with van der Waals surface area (Å²) >= 11 is 1.25. The molecule has 3 unspecified atom stereocenters.